The fourth-order valence-electron chi connectivity index (χ4n) is 2.10. The van der Waals surface area contributed by atoms with E-state index in [1.54, 1.807) is 12.3 Å². The Balaban J connectivity index is 2.12. The summed E-state index contributed by atoms with van der Waals surface area (Å²) in [7, 11) is -3.51. The fourth-order valence-corrected chi connectivity index (χ4v) is 4.02. The van der Waals surface area contributed by atoms with Crippen LogP contribution in [-0.2, 0) is 10.0 Å². The van der Waals surface area contributed by atoms with Crippen molar-refractivity contribution >= 4 is 26.0 Å². The molecule has 1 fully saturated rings. The molecule has 0 amide bonds. The highest BCUT2D eigenvalue weighted by Crippen LogP contribution is 2.20. The highest BCUT2D eigenvalue weighted by molar-refractivity contribution is 9.10. The van der Waals surface area contributed by atoms with E-state index in [2.05, 4.69) is 27.0 Å². The predicted octanol–water partition coefficient (Wildman–Crippen LogP) is 1.06. The van der Waals surface area contributed by atoms with Gasteiger partial charge in [0.05, 0.1) is 12.1 Å². The number of nitrogens with zero attached hydrogens (tertiary/aromatic N) is 4. The van der Waals surface area contributed by atoms with E-state index in [0.29, 0.717) is 30.7 Å². The first-order chi connectivity index (χ1) is 9.45. The van der Waals surface area contributed by atoms with Crippen LogP contribution in [0.1, 0.15) is 6.92 Å². The van der Waals surface area contributed by atoms with Gasteiger partial charge < -0.3 is 0 Å². The van der Waals surface area contributed by atoms with Gasteiger partial charge in [0.15, 0.2) is 0 Å². The van der Waals surface area contributed by atoms with Crippen LogP contribution >= 0.6 is 15.9 Å². The second-order valence-electron chi connectivity index (χ2n) is 4.58. The van der Waals surface area contributed by atoms with Gasteiger partial charge in [-0.15, -0.1) is 0 Å². The Morgan fingerprint density at radius 3 is 2.55 bits per heavy atom. The summed E-state index contributed by atoms with van der Waals surface area (Å²) in [6.45, 7) is 3.73. The molecule has 0 aliphatic carbocycles. The van der Waals surface area contributed by atoms with E-state index >= 15 is 0 Å². The molecule has 6 nitrogen and oxygen atoms in total. The molecule has 1 aliphatic rings. The molecule has 1 aromatic rings. The Kier molecular flexibility index (Phi) is 4.75. The quantitative estimate of drug-likeness (QED) is 0.807. The fraction of sp³-hybridized carbons (Fsp3) is 0.500. The molecule has 1 saturated heterocycles. The Labute approximate surface area is 127 Å². The Hall–Kier alpha value is -1.01. The van der Waals surface area contributed by atoms with Crippen molar-refractivity contribution in [2.75, 3.05) is 26.2 Å². The van der Waals surface area contributed by atoms with Crippen LogP contribution in [0.2, 0.25) is 0 Å². The minimum absolute atomic E-state index is 0.188. The zero-order valence-corrected chi connectivity index (χ0v) is 13.4. The van der Waals surface area contributed by atoms with Crippen LogP contribution < -0.4 is 0 Å². The molecule has 0 aromatic carbocycles. The zero-order chi connectivity index (χ0) is 14.8. The lowest BCUT2D eigenvalue weighted by molar-refractivity contribution is 0.169. The largest absolute Gasteiger partial charge is 0.286 e. The first-order valence-electron chi connectivity index (χ1n) is 6.19. The van der Waals surface area contributed by atoms with Crippen LogP contribution in [0.4, 0.5) is 0 Å². The molecule has 1 aliphatic heterocycles. The highest BCUT2D eigenvalue weighted by Gasteiger charge is 2.30. The van der Waals surface area contributed by atoms with Crippen molar-refractivity contribution in [1.29, 1.82) is 5.26 Å². The molecule has 8 heteroatoms. The molecule has 1 unspecified atom stereocenters. The van der Waals surface area contributed by atoms with Crippen LogP contribution in [-0.4, -0.2) is 54.8 Å². The van der Waals surface area contributed by atoms with Gasteiger partial charge in [-0.2, -0.15) is 9.57 Å². The number of nitriles is 1. The summed E-state index contributed by atoms with van der Waals surface area (Å²) in [6.07, 6.45) is 2.90. The van der Waals surface area contributed by atoms with E-state index in [1.807, 2.05) is 11.8 Å². The number of rotatable bonds is 3. The predicted molar refractivity (Wildman–Crippen MR) is 77.3 cm³/mol. The summed E-state index contributed by atoms with van der Waals surface area (Å²) >= 11 is 3.23. The summed E-state index contributed by atoms with van der Waals surface area (Å²) in [6, 6.07) is 3.53. The van der Waals surface area contributed by atoms with Gasteiger partial charge in [0.25, 0.3) is 0 Å². The second-order valence-corrected chi connectivity index (χ2v) is 7.44. The standard InChI is InChI=1S/C12H15BrN4O2S/c1-10(7-14)16-2-4-17(5-3-16)20(18,19)12-6-11(13)8-15-9-12/h6,8-10H,2-5H2,1H3. The van der Waals surface area contributed by atoms with Crippen molar-refractivity contribution < 1.29 is 8.42 Å². The molecule has 2 rings (SSSR count). The zero-order valence-electron chi connectivity index (χ0n) is 11.0. The van der Waals surface area contributed by atoms with E-state index < -0.39 is 10.0 Å². The third-order valence-electron chi connectivity index (χ3n) is 3.33. The lowest BCUT2D eigenvalue weighted by atomic mass is 10.2. The van der Waals surface area contributed by atoms with Gasteiger partial charge in [0.1, 0.15) is 4.90 Å². The number of hydrogen-bond donors (Lipinski definition) is 0. The first kappa shape index (κ1) is 15.4. The molecular weight excluding hydrogens is 344 g/mol. The van der Waals surface area contributed by atoms with Gasteiger partial charge in [-0.1, -0.05) is 0 Å². The third kappa shape index (κ3) is 3.17. The lowest BCUT2D eigenvalue weighted by Gasteiger charge is -2.35. The topological polar surface area (TPSA) is 77.3 Å². The Bertz CT molecular complexity index is 621. The molecule has 1 atom stereocenters. The highest BCUT2D eigenvalue weighted by atomic mass is 79.9. The van der Waals surface area contributed by atoms with E-state index in [1.165, 1.54) is 10.5 Å². The number of aromatic nitrogens is 1. The molecule has 0 N–H and O–H groups in total. The number of piperazine rings is 1. The number of pyridine rings is 1. The normalized spacial score (nSPS) is 19.4. The molecular formula is C12H15BrN4O2S. The molecule has 20 heavy (non-hydrogen) atoms. The van der Waals surface area contributed by atoms with Crippen molar-refractivity contribution in [2.45, 2.75) is 17.9 Å². The van der Waals surface area contributed by atoms with Crippen molar-refractivity contribution in [1.82, 2.24) is 14.2 Å². The summed E-state index contributed by atoms with van der Waals surface area (Å²) < 4.78 is 27.0. The van der Waals surface area contributed by atoms with Gasteiger partial charge >= 0.3 is 0 Å². The molecule has 0 bridgehead atoms. The van der Waals surface area contributed by atoms with E-state index in [0.717, 1.165) is 0 Å². The summed E-state index contributed by atoms with van der Waals surface area (Å²) in [5.41, 5.74) is 0. The first-order valence-corrected chi connectivity index (χ1v) is 8.43. The smallest absolute Gasteiger partial charge is 0.244 e. The van der Waals surface area contributed by atoms with Gasteiger partial charge in [-0.05, 0) is 28.9 Å². The maximum absolute atomic E-state index is 12.5. The molecule has 0 spiro atoms. The molecule has 0 saturated carbocycles. The second kappa shape index (κ2) is 6.18. The molecule has 1 aromatic heterocycles. The average molecular weight is 359 g/mol. The van der Waals surface area contributed by atoms with Gasteiger partial charge in [-0.3, -0.25) is 9.88 Å². The van der Waals surface area contributed by atoms with Gasteiger partial charge in [0.2, 0.25) is 10.0 Å². The third-order valence-corrected chi connectivity index (χ3v) is 5.62. The van der Waals surface area contributed by atoms with Crippen LogP contribution in [0.25, 0.3) is 0 Å². The van der Waals surface area contributed by atoms with E-state index in [4.69, 9.17) is 5.26 Å². The van der Waals surface area contributed by atoms with Crippen LogP contribution in [0.15, 0.2) is 27.8 Å². The van der Waals surface area contributed by atoms with Crippen molar-refractivity contribution in [3.8, 4) is 6.07 Å². The SMILES string of the molecule is CC(C#N)N1CCN(S(=O)(=O)c2cncc(Br)c2)CC1. The van der Waals surface area contributed by atoms with Crippen molar-refractivity contribution in [2.24, 2.45) is 0 Å². The molecule has 108 valence electrons. The van der Waals surface area contributed by atoms with Crippen LogP contribution in [0.3, 0.4) is 0 Å². The maximum Gasteiger partial charge on any atom is 0.244 e. The average Bonchev–Trinajstić information content (AvgIpc) is 2.46. The summed E-state index contributed by atoms with van der Waals surface area (Å²) in [5, 5.41) is 8.88. The van der Waals surface area contributed by atoms with Crippen molar-refractivity contribution in [3.05, 3.63) is 22.9 Å². The van der Waals surface area contributed by atoms with Gasteiger partial charge in [0, 0.05) is 43.0 Å². The van der Waals surface area contributed by atoms with Crippen molar-refractivity contribution in [3.63, 3.8) is 0 Å². The minimum atomic E-state index is -3.51. The minimum Gasteiger partial charge on any atom is -0.286 e. The van der Waals surface area contributed by atoms with Crippen LogP contribution in [0, 0.1) is 11.3 Å². The van der Waals surface area contributed by atoms with Crippen LogP contribution in [0.5, 0.6) is 0 Å². The number of hydrogen-bond acceptors (Lipinski definition) is 5. The molecule has 2 heterocycles. The monoisotopic (exact) mass is 358 g/mol. The number of sulfonamides is 1. The lowest BCUT2D eigenvalue weighted by Crippen LogP contribution is -2.50. The van der Waals surface area contributed by atoms with E-state index in [-0.39, 0.29) is 10.9 Å². The van der Waals surface area contributed by atoms with Gasteiger partial charge in [-0.25, -0.2) is 8.42 Å². The number of halogens is 1. The summed E-state index contributed by atoms with van der Waals surface area (Å²) in [5.74, 6) is 0. The Morgan fingerprint density at radius 2 is 2.00 bits per heavy atom. The Morgan fingerprint density at radius 1 is 1.35 bits per heavy atom. The summed E-state index contributed by atoms with van der Waals surface area (Å²) in [4.78, 5) is 6.06. The molecule has 0 radical (unpaired) electrons. The van der Waals surface area contributed by atoms with E-state index in [9.17, 15) is 8.42 Å². The maximum atomic E-state index is 12.5.